The van der Waals surface area contributed by atoms with Gasteiger partial charge < -0.3 is 19.8 Å². The molecule has 28 heavy (non-hydrogen) atoms. The Morgan fingerprint density at radius 1 is 1.14 bits per heavy atom. The minimum absolute atomic E-state index is 0. The van der Waals surface area contributed by atoms with Crippen LogP contribution in [0.2, 0.25) is 0 Å². The second-order valence-electron chi connectivity index (χ2n) is 8.67. The zero-order valence-corrected chi connectivity index (χ0v) is 16.3. The molecule has 5 rings (SSSR count). The first-order valence-electron chi connectivity index (χ1n) is 9.57. The van der Waals surface area contributed by atoms with Crippen molar-refractivity contribution >= 4 is 22.8 Å². The smallest absolute Gasteiger partial charge is 0.236 e. The first-order valence-corrected chi connectivity index (χ1v) is 9.57. The normalized spacial score (nSPS) is 17.0. The Labute approximate surface area is 164 Å². The van der Waals surface area contributed by atoms with Gasteiger partial charge in [0.15, 0.2) is 11.5 Å². The molecule has 1 amide bonds. The Hall–Kier alpha value is -3.02. The number of benzene rings is 1. The summed E-state index contributed by atoms with van der Waals surface area (Å²) in [4.78, 5) is 21.1. The first kappa shape index (κ1) is 17.1. The van der Waals surface area contributed by atoms with Gasteiger partial charge >= 0.3 is 0 Å². The van der Waals surface area contributed by atoms with Crippen LogP contribution < -0.4 is 14.8 Å². The fraction of sp³-hybridized carbons (Fsp3) is 0.364. The molecule has 2 aliphatic rings. The third kappa shape index (κ3) is 2.71. The molecule has 0 saturated heterocycles. The summed E-state index contributed by atoms with van der Waals surface area (Å²) in [6.45, 7) is 6.70. The molecule has 6 nitrogen and oxygen atoms in total. The molecule has 0 radical (unpaired) electrons. The molecule has 0 bridgehead atoms. The van der Waals surface area contributed by atoms with E-state index in [4.69, 9.17) is 9.47 Å². The van der Waals surface area contributed by atoms with Crippen molar-refractivity contribution in [2.45, 2.75) is 44.4 Å². The van der Waals surface area contributed by atoms with Crippen molar-refractivity contribution in [1.82, 2.24) is 9.97 Å². The standard InChI is InChI=1S/C22H23N3O3.H2/c1-21(2,3)18-11-15-14(23-18)5-7-19(24-15)25-20(26)22(8-9-22)13-4-6-16-17(10-13)28-12-27-16;/h4-7,10-11,23H,8-9,12H2,1-3H3,(H,24,25,26);1H. The molecule has 0 unspecified atom stereocenters. The lowest BCUT2D eigenvalue weighted by molar-refractivity contribution is -0.118. The van der Waals surface area contributed by atoms with Gasteiger partial charge in [0.1, 0.15) is 5.82 Å². The van der Waals surface area contributed by atoms with Crippen molar-refractivity contribution in [3.05, 3.63) is 47.7 Å². The summed E-state index contributed by atoms with van der Waals surface area (Å²) in [5.41, 5.74) is 3.42. The molecule has 2 N–H and O–H groups in total. The van der Waals surface area contributed by atoms with Crippen molar-refractivity contribution < 1.29 is 15.7 Å². The van der Waals surface area contributed by atoms with Crippen molar-refractivity contribution in [2.75, 3.05) is 12.1 Å². The Morgan fingerprint density at radius 2 is 1.93 bits per heavy atom. The summed E-state index contributed by atoms with van der Waals surface area (Å²) >= 11 is 0. The molecule has 1 fully saturated rings. The summed E-state index contributed by atoms with van der Waals surface area (Å²) in [6, 6.07) is 11.6. The summed E-state index contributed by atoms with van der Waals surface area (Å²) < 4.78 is 10.8. The highest BCUT2D eigenvalue weighted by Crippen LogP contribution is 2.51. The quantitative estimate of drug-likeness (QED) is 0.702. The molecule has 0 atom stereocenters. The van der Waals surface area contributed by atoms with Crippen LogP contribution >= 0.6 is 0 Å². The van der Waals surface area contributed by atoms with Crippen LogP contribution in [0.1, 0.15) is 46.3 Å². The molecule has 1 aromatic carbocycles. The molecular formula is C22H25N3O3. The lowest BCUT2D eigenvalue weighted by Crippen LogP contribution is -2.28. The number of carbonyl (C=O) groups is 1. The topological polar surface area (TPSA) is 76.2 Å². The maximum atomic E-state index is 13.1. The number of amides is 1. The molecular weight excluding hydrogens is 354 g/mol. The molecule has 3 heterocycles. The summed E-state index contributed by atoms with van der Waals surface area (Å²) in [7, 11) is 0. The predicted octanol–water partition coefficient (Wildman–Crippen LogP) is 4.51. The Kier molecular flexibility index (Phi) is 3.50. The number of hydrogen-bond acceptors (Lipinski definition) is 4. The second kappa shape index (κ2) is 5.74. The fourth-order valence-electron chi connectivity index (χ4n) is 3.68. The Balaban J connectivity index is 0.00000205. The minimum atomic E-state index is -0.508. The average Bonchev–Trinajstić information content (AvgIpc) is 3.13. The number of H-pyrrole nitrogens is 1. The molecule has 3 aromatic rings. The molecule has 1 saturated carbocycles. The van der Waals surface area contributed by atoms with E-state index in [1.807, 2.05) is 30.3 Å². The van der Waals surface area contributed by atoms with Crippen LogP contribution in [0.3, 0.4) is 0 Å². The highest BCUT2D eigenvalue weighted by atomic mass is 16.7. The van der Waals surface area contributed by atoms with Crippen LogP contribution in [0, 0.1) is 0 Å². The maximum Gasteiger partial charge on any atom is 0.236 e. The van der Waals surface area contributed by atoms with E-state index in [-0.39, 0.29) is 19.5 Å². The van der Waals surface area contributed by atoms with E-state index in [0.717, 1.165) is 40.9 Å². The summed E-state index contributed by atoms with van der Waals surface area (Å²) in [5, 5.41) is 3.02. The maximum absolute atomic E-state index is 13.1. The number of rotatable bonds is 3. The fourth-order valence-corrected chi connectivity index (χ4v) is 3.68. The van der Waals surface area contributed by atoms with Crippen molar-refractivity contribution in [3.8, 4) is 11.5 Å². The highest BCUT2D eigenvalue weighted by molar-refractivity contribution is 6.01. The van der Waals surface area contributed by atoms with Gasteiger partial charge in [-0.25, -0.2) is 4.98 Å². The van der Waals surface area contributed by atoms with E-state index >= 15 is 0 Å². The number of nitrogens with one attached hydrogen (secondary N) is 2. The zero-order valence-electron chi connectivity index (χ0n) is 16.3. The van der Waals surface area contributed by atoms with Crippen molar-refractivity contribution in [2.24, 2.45) is 0 Å². The molecule has 2 aromatic heterocycles. The highest BCUT2D eigenvalue weighted by Gasteiger charge is 2.51. The van der Waals surface area contributed by atoms with Gasteiger partial charge in [0.05, 0.1) is 16.4 Å². The number of anilines is 1. The first-order chi connectivity index (χ1) is 13.3. The number of ether oxygens (including phenoxy) is 2. The van der Waals surface area contributed by atoms with Gasteiger partial charge in [-0.2, -0.15) is 0 Å². The largest absolute Gasteiger partial charge is 0.454 e. The van der Waals surface area contributed by atoms with Crippen molar-refractivity contribution in [3.63, 3.8) is 0 Å². The van der Waals surface area contributed by atoms with Crippen molar-refractivity contribution in [1.29, 1.82) is 0 Å². The number of hydrogen-bond donors (Lipinski definition) is 2. The number of carbonyl (C=O) groups excluding carboxylic acids is 1. The third-order valence-electron chi connectivity index (χ3n) is 5.63. The lowest BCUT2D eigenvalue weighted by Gasteiger charge is -2.16. The van der Waals surface area contributed by atoms with E-state index < -0.39 is 5.41 Å². The number of aromatic amines is 1. The Bertz CT molecular complexity index is 1100. The van der Waals surface area contributed by atoms with Crippen LogP contribution in [0.5, 0.6) is 11.5 Å². The van der Waals surface area contributed by atoms with Gasteiger partial charge in [0, 0.05) is 12.5 Å². The van der Waals surface area contributed by atoms with Crippen LogP contribution in [-0.2, 0) is 15.6 Å². The lowest BCUT2D eigenvalue weighted by atomic mass is 9.93. The van der Waals surface area contributed by atoms with Crippen LogP contribution in [0.15, 0.2) is 36.4 Å². The number of nitrogens with zero attached hydrogens (tertiary/aromatic N) is 1. The van der Waals surface area contributed by atoms with Gasteiger partial charge in [0.2, 0.25) is 12.7 Å². The van der Waals surface area contributed by atoms with Crippen LogP contribution in [0.25, 0.3) is 11.0 Å². The monoisotopic (exact) mass is 379 g/mol. The van der Waals surface area contributed by atoms with Gasteiger partial charge in [-0.3, -0.25) is 4.79 Å². The van der Waals surface area contributed by atoms with Crippen LogP contribution in [0.4, 0.5) is 5.82 Å². The van der Waals surface area contributed by atoms with E-state index in [1.54, 1.807) is 0 Å². The van der Waals surface area contributed by atoms with Gasteiger partial charge in [-0.05, 0) is 48.7 Å². The van der Waals surface area contributed by atoms with E-state index in [2.05, 4.69) is 42.1 Å². The van der Waals surface area contributed by atoms with Gasteiger partial charge in [-0.1, -0.05) is 26.8 Å². The predicted molar refractivity (Wildman–Crippen MR) is 109 cm³/mol. The summed E-state index contributed by atoms with van der Waals surface area (Å²) in [6.07, 6.45) is 1.64. The molecule has 1 aliphatic carbocycles. The number of pyridine rings is 1. The third-order valence-corrected chi connectivity index (χ3v) is 5.63. The number of aromatic nitrogens is 2. The van der Waals surface area contributed by atoms with Gasteiger partial charge in [-0.15, -0.1) is 0 Å². The SMILES string of the molecule is CC(C)(C)c1cc2nc(NC(=O)C3(c4ccc5c(c4)OCO5)CC3)ccc2[nH]1.[HH]. The van der Waals surface area contributed by atoms with E-state index in [0.29, 0.717) is 11.6 Å². The second-order valence-corrected chi connectivity index (χ2v) is 8.67. The minimum Gasteiger partial charge on any atom is -0.454 e. The zero-order chi connectivity index (χ0) is 19.5. The van der Waals surface area contributed by atoms with Crippen LogP contribution in [-0.4, -0.2) is 22.7 Å². The number of fused-ring (bicyclic) bond motifs is 2. The van der Waals surface area contributed by atoms with E-state index in [1.165, 1.54) is 0 Å². The van der Waals surface area contributed by atoms with E-state index in [9.17, 15) is 4.79 Å². The molecule has 6 heteroatoms. The molecule has 146 valence electrons. The average molecular weight is 379 g/mol. The molecule has 1 aliphatic heterocycles. The van der Waals surface area contributed by atoms with Gasteiger partial charge in [0.25, 0.3) is 0 Å². The molecule has 0 spiro atoms. The Morgan fingerprint density at radius 3 is 2.68 bits per heavy atom. The summed E-state index contributed by atoms with van der Waals surface area (Å²) in [5.74, 6) is 1.99.